The second kappa shape index (κ2) is 5.83. The Morgan fingerprint density at radius 3 is 2.47 bits per heavy atom. The minimum atomic E-state index is -0.278. The first-order chi connectivity index (χ1) is 7.84. The van der Waals surface area contributed by atoms with E-state index in [1.54, 1.807) is 6.07 Å². The highest BCUT2D eigenvalue weighted by Crippen LogP contribution is 2.25. The summed E-state index contributed by atoms with van der Waals surface area (Å²) in [7, 11) is 1.97. The van der Waals surface area contributed by atoms with Crippen molar-refractivity contribution in [1.29, 1.82) is 0 Å². The topological polar surface area (TPSA) is 12.0 Å². The molecule has 0 heterocycles. The van der Waals surface area contributed by atoms with E-state index in [0.717, 1.165) is 18.4 Å². The van der Waals surface area contributed by atoms with Crippen LogP contribution in [0.3, 0.4) is 0 Å². The summed E-state index contributed by atoms with van der Waals surface area (Å²) in [6.45, 7) is 6.63. The van der Waals surface area contributed by atoms with E-state index >= 15 is 0 Å². The predicted octanol–water partition coefficient (Wildman–Crippen LogP) is 4.05. The van der Waals surface area contributed by atoms with Crippen molar-refractivity contribution >= 4 is 11.6 Å². The molecular formula is C14H21ClFN. The van der Waals surface area contributed by atoms with E-state index in [4.69, 9.17) is 11.6 Å². The third-order valence-electron chi connectivity index (χ3n) is 3.11. The average Bonchev–Trinajstić information content (AvgIpc) is 2.19. The fourth-order valence-corrected chi connectivity index (χ4v) is 2.30. The van der Waals surface area contributed by atoms with E-state index in [-0.39, 0.29) is 11.2 Å². The van der Waals surface area contributed by atoms with Crippen LogP contribution >= 0.6 is 11.6 Å². The maximum Gasteiger partial charge on any atom is 0.124 e. The SMILES string of the molecule is CNC(CCc1ccc(F)cc1Cl)C(C)(C)C. The number of aryl methyl sites for hydroxylation is 1. The van der Waals surface area contributed by atoms with Crippen LogP contribution in [0.25, 0.3) is 0 Å². The predicted molar refractivity (Wildman–Crippen MR) is 72.0 cm³/mol. The van der Waals surface area contributed by atoms with Gasteiger partial charge in [-0.05, 0) is 43.0 Å². The van der Waals surface area contributed by atoms with Gasteiger partial charge in [-0.15, -0.1) is 0 Å². The molecule has 0 aliphatic rings. The van der Waals surface area contributed by atoms with E-state index in [0.29, 0.717) is 11.1 Å². The Morgan fingerprint density at radius 1 is 1.35 bits per heavy atom. The lowest BCUT2D eigenvalue weighted by Gasteiger charge is -2.30. The van der Waals surface area contributed by atoms with Gasteiger partial charge in [0.25, 0.3) is 0 Å². The minimum absolute atomic E-state index is 0.210. The van der Waals surface area contributed by atoms with Gasteiger partial charge in [-0.25, -0.2) is 4.39 Å². The zero-order valence-corrected chi connectivity index (χ0v) is 11.7. The number of benzene rings is 1. The molecule has 0 saturated heterocycles. The molecule has 3 heteroatoms. The Hall–Kier alpha value is -0.600. The van der Waals surface area contributed by atoms with Crippen molar-refractivity contribution in [2.75, 3.05) is 7.05 Å². The molecule has 96 valence electrons. The fourth-order valence-electron chi connectivity index (χ4n) is 2.03. The summed E-state index contributed by atoms with van der Waals surface area (Å²) in [4.78, 5) is 0. The second-order valence-electron chi connectivity index (χ2n) is 5.48. The van der Waals surface area contributed by atoms with E-state index in [2.05, 4.69) is 26.1 Å². The molecule has 1 aromatic rings. The Morgan fingerprint density at radius 2 is 2.00 bits per heavy atom. The summed E-state index contributed by atoms with van der Waals surface area (Å²) in [5.74, 6) is -0.278. The summed E-state index contributed by atoms with van der Waals surface area (Å²) in [5.41, 5.74) is 1.22. The molecule has 0 radical (unpaired) electrons. The highest BCUT2D eigenvalue weighted by atomic mass is 35.5. The van der Waals surface area contributed by atoms with Gasteiger partial charge < -0.3 is 5.32 Å². The van der Waals surface area contributed by atoms with Crippen molar-refractivity contribution in [3.8, 4) is 0 Å². The smallest absolute Gasteiger partial charge is 0.124 e. The Balaban J connectivity index is 2.66. The normalized spacial score (nSPS) is 13.8. The number of nitrogens with one attached hydrogen (secondary N) is 1. The molecule has 0 fully saturated rings. The molecule has 0 aliphatic heterocycles. The first kappa shape index (κ1) is 14.5. The lowest BCUT2D eigenvalue weighted by molar-refractivity contribution is 0.268. The third kappa shape index (κ3) is 4.29. The molecule has 17 heavy (non-hydrogen) atoms. The fraction of sp³-hybridized carbons (Fsp3) is 0.571. The molecule has 1 aromatic carbocycles. The monoisotopic (exact) mass is 257 g/mol. The molecule has 1 atom stereocenters. The van der Waals surface area contributed by atoms with E-state index in [9.17, 15) is 4.39 Å². The molecule has 1 N–H and O–H groups in total. The van der Waals surface area contributed by atoms with Gasteiger partial charge >= 0.3 is 0 Å². The van der Waals surface area contributed by atoms with Gasteiger partial charge in [0.15, 0.2) is 0 Å². The minimum Gasteiger partial charge on any atom is -0.316 e. The number of hydrogen-bond donors (Lipinski definition) is 1. The van der Waals surface area contributed by atoms with Crippen molar-refractivity contribution in [1.82, 2.24) is 5.32 Å². The maximum atomic E-state index is 12.9. The summed E-state index contributed by atoms with van der Waals surface area (Å²) in [6, 6.07) is 5.03. The largest absolute Gasteiger partial charge is 0.316 e. The van der Waals surface area contributed by atoms with Crippen LogP contribution in [0.15, 0.2) is 18.2 Å². The Bertz CT molecular complexity index is 371. The van der Waals surface area contributed by atoms with E-state index < -0.39 is 0 Å². The van der Waals surface area contributed by atoms with Crippen LogP contribution in [0.4, 0.5) is 4.39 Å². The molecule has 0 aliphatic carbocycles. The number of halogens is 2. The van der Waals surface area contributed by atoms with Crippen LogP contribution in [-0.4, -0.2) is 13.1 Å². The average molecular weight is 258 g/mol. The van der Waals surface area contributed by atoms with Crippen molar-refractivity contribution in [3.63, 3.8) is 0 Å². The van der Waals surface area contributed by atoms with Gasteiger partial charge in [0.1, 0.15) is 5.82 Å². The molecule has 0 aromatic heterocycles. The summed E-state index contributed by atoms with van der Waals surface area (Å²) in [5, 5.41) is 3.85. The van der Waals surface area contributed by atoms with Crippen LogP contribution in [0.5, 0.6) is 0 Å². The first-order valence-corrected chi connectivity index (χ1v) is 6.33. The highest BCUT2D eigenvalue weighted by molar-refractivity contribution is 6.31. The van der Waals surface area contributed by atoms with Gasteiger partial charge in [0.05, 0.1) is 0 Å². The standard InChI is InChI=1S/C14H21ClFN/c1-14(2,3)13(17-4)8-6-10-5-7-11(16)9-12(10)15/h5,7,9,13,17H,6,8H2,1-4H3. The number of hydrogen-bond acceptors (Lipinski definition) is 1. The number of rotatable bonds is 4. The molecule has 0 amide bonds. The highest BCUT2D eigenvalue weighted by Gasteiger charge is 2.22. The molecule has 0 saturated carbocycles. The van der Waals surface area contributed by atoms with Crippen molar-refractivity contribution in [2.24, 2.45) is 5.41 Å². The van der Waals surface area contributed by atoms with E-state index in [1.807, 2.05) is 7.05 Å². The van der Waals surface area contributed by atoms with Crippen molar-refractivity contribution in [3.05, 3.63) is 34.6 Å². The molecule has 1 unspecified atom stereocenters. The van der Waals surface area contributed by atoms with Crippen LogP contribution in [0.2, 0.25) is 5.02 Å². The first-order valence-electron chi connectivity index (χ1n) is 5.96. The quantitative estimate of drug-likeness (QED) is 0.858. The second-order valence-corrected chi connectivity index (χ2v) is 5.89. The zero-order chi connectivity index (χ0) is 13.1. The van der Waals surface area contributed by atoms with Crippen molar-refractivity contribution in [2.45, 2.75) is 39.7 Å². The Kier molecular flexibility index (Phi) is 4.96. The lowest BCUT2D eigenvalue weighted by Crippen LogP contribution is -2.38. The summed E-state index contributed by atoms with van der Waals surface area (Å²) >= 11 is 6.01. The van der Waals surface area contributed by atoms with Crippen molar-refractivity contribution < 1.29 is 4.39 Å². The molecule has 0 bridgehead atoms. The summed E-state index contributed by atoms with van der Waals surface area (Å²) < 4.78 is 12.9. The molecule has 1 rings (SSSR count). The molecular weight excluding hydrogens is 237 g/mol. The van der Waals surface area contributed by atoms with Crippen LogP contribution < -0.4 is 5.32 Å². The Labute approximate surface area is 108 Å². The third-order valence-corrected chi connectivity index (χ3v) is 3.46. The van der Waals surface area contributed by atoms with Crippen LogP contribution in [0, 0.1) is 11.2 Å². The van der Waals surface area contributed by atoms with Crippen LogP contribution in [-0.2, 0) is 6.42 Å². The van der Waals surface area contributed by atoms with E-state index in [1.165, 1.54) is 12.1 Å². The van der Waals surface area contributed by atoms with Gasteiger partial charge in [0, 0.05) is 11.1 Å². The maximum absolute atomic E-state index is 12.9. The van der Waals surface area contributed by atoms with Gasteiger partial charge in [-0.2, -0.15) is 0 Å². The van der Waals surface area contributed by atoms with Gasteiger partial charge in [-0.1, -0.05) is 38.4 Å². The van der Waals surface area contributed by atoms with Gasteiger partial charge in [0.2, 0.25) is 0 Å². The summed E-state index contributed by atoms with van der Waals surface area (Å²) in [6.07, 6.45) is 1.85. The van der Waals surface area contributed by atoms with Gasteiger partial charge in [-0.3, -0.25) is 0 Å². The zero-order valence-electron chi connectivity index (χ0n) is 11.0. The molecule has 1 nitrogen and oxygen atoms in total. The lowest BCUT2D eigenvalue weighted by atomic mass is 9.83. The molecule has 0 spiro atoms. The van der Waals surface area contributed by atoms with Crippen LogP contribution in [0.1, 0.15) is 32.8 Å².